The summed E-state index contributed by atoms with van der Waals surface area (Å²) in [6.07, 6.45) is 6.68. The van der Waals surface area contributed by atoms with Gasteiger partial charge in [-0.05, 0) is 73.6 Å². The molecule has 2 nitrogen and oxygen atoms in total. The van der Waals surface area contributed by atoms with Crippen LogP contribution in [0.15, 0.2) is 18.2 Å². The molecule has 0 saturated heterocycles. The van der Waals surface area contributed by atoms with Crippen LogP contribution in [0.1, 0.15) is 63.2 Å². The fourth-order valence-electron chi connectivity index (χ4n) is 3.62. The first-order valence-corrected chi connectivity index (χ1v) is 8.11. The Morgan fingerprint density at radius 2 is 1.95 bits per heavy atom. The van der Waals surface area contributed by atoms with E-state index in [1.165, 1.54) is 12.0 Å². The lowest BCUT2D eigenvalue weighted by Crippen LogP contribution is -2.28. The Labute approximate surface area is 122 Å². The molecule has 0 spiro atoms. The Balaban J connectivity index is 1.70. The summed E-state index contributed by atoms with van der Waals surface area (Å²) in [5, 5.41) is 10.1. The number of benzene rings is 1. The van der Waals surface area contributed by atoms with E-state index in [0.717, 1.165) is 55.3 Å². The molecule has 0 radical (unpaired) electrons. The molecule has 2 aliphatic rings. The molecule has 1 saturated carbocycles. The summed E-state index contributed by atoms with van der Waals surface area (Å²) in [6, 6.07) is 6.30. The van der Waals surface area contributed by atoms with Crippen molar-refractivity contribution in [3.63, 3.8) is 0 Å². The second-order valence-electron chi connectivity index (χ2n) is 6.78. The monoisotopic (exact) mass is 274 g/mol. The molecular formula is C18H26O2. The lowest BCUT2D eigenvalue weighted by Gasteiger charge is -2.32. The zero-order valence-corrected chi connectivity index (χ0v) is 12.6. The Kier molecular flexibility index (Phi) is 4.02. The van der Waals surface area contributed by atoms with Crippen molar-refractivity contribution < 1.29 is 9.84 Å². The van der Waals surface area contributed by atoms with E-state index in [9.17, 15) is 5.11 Å². The molecule has 110 valence electrons. The number of aliphatic hydroxyl groups is 1. The molecule has 20 heavy (non-hydrogen) atoms. The zero-order valence-electron chi connectivity index (χ0n) is 12.6. The summed E-state index contributed by atoms with van der Waals surface area (Å²) >= 11 is 0. The van der Waals surface area contributed by atoms with Gasteiger partial charge in [0.2, 0.25) is 0 Å². The van der Waals surface area contributed by atoms with Gasteiger partial charge in [0, 0.05) is 0 Å². The molecule has 3 unspecified atom stereocenters. The van der Waals surface area contributed by atoms with Gasteiger partial charge in [-0.2, -0.15) is 0 Å². The minimum Gasteiger partial charge on any atom is -0.490 e. The molecule has 2 heteroatoms. The van der Waals surface area contributed by atoms with Crippen LogP contribution in [-0.2, 0) is 6.42 Å². The molecule has 2 aliphatic carbocycles. The van der Waals surface area contributed by atoms with E-state index in [2.05, 4.69) is 32.0 Å². The normalized spacial score (nSPS) is 33.5. The summed E-state index contributed by atoms with van der Waals surface area (Å²) < 4.78 is 6.18. The number of hydrogen-bond donors (Lipinski definition) is 1. The van der Waals surface area contributed by atoms with Gasteiger partial charge in [0.1, 0.15) is 5.75 Å². The highest BCUT2D eigenvalue weighted by Gasteiger charge is 2.26. The van der Waals surface area contributed by atoms with Gasteiger partial charge in [-0.3, -0.25) is 0 Å². The van der Waals surface area contributed by atoms with Crippen molar-refractivity contribution >= 4 is 0 Å². The van der Waals surface area contributed by atoms with Gasteiger partial charge >= 0.3 is 0 Å². The fourth-order valence-corrected chi connectivity index (χ4v) is 3.62. The third-order valence-corrected chi connectivity index (χ3v) is 5.25. The minimum absolute atomic E-state index is 0.299. The standard InChI is InChI=1S/C18H26O2/c1-12-6-8-15(10-13(12)2)20-16-9-7-14-4-3-5-18(19)17(14)11-16/h7,9,11-13,15,18-19H,3-6,8,10H2,1-2H3/t12?,13?,15?,18-/m0/s1. The third kappa shape index (κ3) is 2.85. The van der Waals surface area contributed by atoms with Crippen molar-refractivity contribution in [2.45, 2.75) is 64.6 Å². The maximum Gasteiger partial charge on any atom is 0.120 e. The van der Waals surface area contributed by atoms with Crippen molar-refractivity contribution in [2.75, 3.05) is 0 Å². The molecule has 0 amide bonds. The van der Waals surface area contributed by atoms with Crippen LogP contribution in [0, 0.1) is 11.8 Å². The van der Waals surface area contributed by atoms with E-state index in [1.807, 2.05) is 0 Å². The molecule has 4 atom stereocenters. The first-order valence-electron chi connectivity index (χ1n) is 8.11. The Bertz CT molecular complexity index is 468. The van der Waals surface area contributed by atoms with Crippen molar-refractivity contribution in [3.05, 3.63) is 29.3 Å². The smallest absolute Gasteiger partial charge is 0.120 e. The third-order valence-electron chi connectivity index (χ3n) is 5.25. The second kappa shape index (κ2) is 5.77. The van der Waals surface area contributed by atoms with E-state index in [-0.39, 0.29) is 6.10 Å². The summed E-state index contributed by atoms with van der Waals surface area (Å²) in [5.41, 5.74) is 2.38. The number of aryl methyl sites for hydroxylation is 1. The van der Waals surface area contributed by atoms with Gasteiger partial charge in [0.25, 0.3) is 0 Å². The highest BCUT2D eigenvalue weighted by molar-refractivity contribution is 5.38. The van der Waals surface area contributed by atoms with Crippen LogP contribution in [0.3, 0.4) is 0 Å². The van der Waals surface area contributed by atoms with Gasteiger partial charge in [0.05, 0.1) is 12.2 Å². The van der Waals surface area contributed by atoms with E-state index >= 15 is 0 Å². The topological polar surface area (TPSA) is 29.5 Å². The van der Waals surface area contributed by atoms with Crippen LogP contribution in [0.25, 0.3) is 0 Å². The Morgan fingerprint density at radius 3 is 2.75 bits per heavy atom. The van der Waals surface area contributed by atoms with Crippen LogP contribution in [0.4, 0.5) is 0 Å². The van der Waals surface area contributed by atoms with Crippen molar-refractivity contribution in [2.24, 2.45) is 11.8 Å². The molecule has 0 aromatic heterocycles. The van der Waals surface area contributed by atoms with Crippen molar-refractivity contribution in [1.29, 1.82) is 0 Å². The second-order valence-corrected chi connectivity index (χ2v) is 6.78. The lowest BCUT2D eigenvalue weighted by atomic mass is 9.80. The SMILES string of the molecule is CC1CCC(Oc2ccc3c(c2)[C@@H](O)CCC3)CC1C. The molecule has 1 N–H and O–H groups in total. The number of ether oxygens (including phenoxy) is 1. The molecule has 1 fully saturated rings. The average molecular weight is 274 g/mol. The average Bonchev–Trinajstić information content (AvgIpc) is 2.44. The van der Waals surface area contributed by atoms with Crippen LogP contribution < -0.4 is 4.74 Å². The highest BCUT2D eigenvalue weighted by Crippen LogP contribution is 2.35. The van der Waals surface area contributed by atoms with Crippen molar-refractivity contribution in [3.8, 4) is 5.75 Å². The largest absolute Gasteiger partial charge is 0.490 e. The van der Waals surface area contributed by atoms with Crippen LogP contribution in [0.5, 0.6) is 5.75 Å². The molecule has 3 rings (SSSR count). The minimum atomic E-state index is -0.299. The first-order chi connectivity index (χ1) is 9.63. The van der Waals surface area contributed by atoms with Crippen LogP contribution in [-0.4, -0.2) is 11.2 Å². The zero-order chi connectivity index (χ0) is 14.1. The number of hydrogen-bond acceptors (Lipinski definition) is 2. The van der Waals surface area contributed by atoms with Crippen LogP contribution >= 0.6 is 0 Å². The van der Waals surface area contributed by atoms with Gasteiger partial charge in [-0.1, -0.05) is 19.9 Å². The Morgan fingerprint density at radius 1 is 1.10 bits per heavy atom. The quantitative estimate of drug-likeness (QED) is 0.873. The number of aliphatic hydroxyl groups excluding tert-OH is 1. The van der Waals surface area contributed by atoms with Crippen molar-refractivity contribution in [1.82, 2.24) is 0 Å². The van der Waals surface area contributed by atoms with Gasteiger partial charge in [-0.25, -0.2) is 0 Å². The van der Waals surface area contributed by atoms with Gasteiger partial charge < -0.3 is 9.84 Å². The fraction of sp³-hybridized carbons (Fsp3) is 0.667. The van der Waals surface area contributed by atoms with Gasteiger partial charge in [-0.15, -0.1) is 0 Å². The maximum atomic E-state index is 10.1. The predicted molar refractivity (Wildman–Crippen MR) is 80.9 cm³/mol. The number of rotatable bonds is 2. The number of fused-ring (bicyclic) bond motifs is 1. The van der Waals surface area contributed by atoms with Gasteiger partial charge in [0.15, 0.2) is 0 Å². The Hall–Kier alpha value is -1.02. The molecule has 0 heterocycles. The molecule has 1 aromatic rings. The van der Waals surface area contributed by atoms with E-state index in [1.54, 1.807) is 0 Å². The first kappa shape index (κ1) is 13.9. The molecule has 1 aromatic carbocycles. The van der Waals surface area contributed by atoms with E-state index in [4.69, 9.17) is 4.74 Å². The molecule has 0 aliphatic heterocycles. The van der Waals surface area contributed by atoms with E-state index in [0.29, 0.717) is 6.10 Å². The predicted octanol–water partition coefficient (Wildman–Crippen LogP) is 4.26. The molecule has 0 bridgehead atoms. The highest BCUT2D eigenvalue weighted by atomic mass is 16.5. The van der Waals surface area contributed by atoms with Crippen LogP contribution in [0.2, 0.25) is 0 Å². The maximum absolute atomic E-state index is 10.1. The lowest BCUT2D eigenvalue weighted by molar-refractivity contribution is 0.0997. The summed E-state index contributed by atoms with van der Waals surface area (Å²) in [4.78, 5) is 0. The van der Waals surface area contributed by atoms with E-state index < -0.39 is 0 Å². The summed E-state index contributed by atoms with van der Waals surface area (Å²) in [6.45, 7) is 4.67. The summed E-state index contributed by atoms with van der Waals surface area (Å²) in [5.74, 6) is 2.51. The molecular weight excluding hydrogens is 248 g/mol. The summed E-state index contributed by atoms with van der Waals surface area (Å²) in [7, 11) is 0.